The zero-order chi connectivity index (χ0) is 10.8. The molecule has 0 spiro atoms. The Hall–Kier alpha value is -1.07. The topological polar surface area (TPSA) is 28.7 Å². The number of nitrogens with zero attached hydrogens (tertiary/aromatic N) is 1. The van der Waals surface area contributed by atoms with E-state index in [-0.39, 0.29) is 5.82 Å². The van der Waals surface area contributed by atoms with Crippen LogP contribution < -0.4 is 0 Å². The zero-order valence-corrected chi connectivity index (χ0v) is 9.90. The summed E-state index contributed by atoms with van der Waals surface area (Å²) in [5.74, 6) is -0.351. The largest absolute Gasteiger partial charge is 0.350 e. The van der Waals surface area contributed by atoms with Crippen LogP contribution in [0.5, 0.6) is 0 Å². The fraction of sp³-hybridized carbons (Fsp3) is 0. The molecule has 5 heteroatoms. The van der Waals surface area contributed by atoms with Crippen molar-refractivity contribution >= 4 is 28.1 Å². The molecule has 0 aliphatic heterocycles. The summed E-state index contributed by atoms with van der Waals surface area (Å²) in [7, 11) is 0. The Kier molecular flexibility index (Phi) is 2.93. The van der Waals surface area contributed by atoms with Crippen LogP contribution in [0, 0.1) is 10.5 Å². The fourth-order valence-electron chi connectivity index (χ4n) is 1.23. The third kappa shape index (κ3) is 1.98. The van der Waals surface area contributed by atoms with E-state index < -0.39 is 0 Å². The van der Waals surface area contributed by atoms with Crippen molar-refractivity contribution in [3.8, 4) is 11.3 Å². The first kappa shape index (κ1) is 10.4. The first-order valence-electron chi connectivity index (χ1n) is 4.18. The Morgan fingerprint density at radius 3 is 2.93 bits per heavy atom. The number of hydrogen-bond donors (Lipinski definition) is 1. The standard InChI is InChI=1S/C10H6BrFN2S/c11-7-3-1-2-6(8(7)12)9-10(15)14-5-4-13-9/h1-5H,(H,14,15). The molecule has 1 heterocycles. The molecule has 1 aromatic carbocycles. The van der Waals surface area contributed by atoms with Gasteiger partial charge in [0.25, 0.3) is 0 Å². The number of H-pyrrole nitrogens is 1. The molecule has 1 aromatic heterocycles. The van der Waals surface area contributed by atoms with Gasteiger partial charge in [0, 0.05) is 18.0 Å². The smallest absolute Gasteiger partial charge is 0.146 e. The first-order chi connectivity index (χ1) is 7.20. The van der Waals surface area contributed by atoms with Crippen molar-refractivity contribution in [3.63, 3.8) is 0 Å². The maximum absolute atomic E-state index is 13.7. The average molecular weight is 285 g/mol. The van der Waals surface area contributed by atoms with Gasteiger partial charge in [-0.3, -0.25) is 4.98 Å². The third-order valence-corrected chi connectivity index (χ3v) is 2.84. The lowest BCUT2D eigenvalue weighted by atomic mass is 10.1. The summed E-state index contributed by atoms with van der Waals surface area (Å²) in [5, 5.41) is 0. The van der Waals surface area contributed by atoms with E-state index in [1.165, 1.54) is 0 Å². The summed E-state index contributed by atoms with van der Waals surface area (Å²) in [5.41, 5.74) is 0.845. The van der Waals surface area contributed by atoms with E-state index in [4.69, 9.17) is 12.2 Å². The molecular formula is C10H6BrFN2S. The minimum Gasteiger partial charge on any atom is -0.350 e. The molecule has 0 unspecified atom stereocenters. The van der Waals surface area contributed by atoms with Crippen LogP contribution in [0.3, 0.4) is 0 Å². The van der Waals surface area contributed by atoms with Crippen LogP contribution in [-0.2, 0) is 0 Å². The molecule has 0 bridgehead atoms. The van der Waals surface area contributed by atoms with Gasteiger partial charge in [0.15, 0.2) is 0 Å². The van der Waals surface area contributed by atoms with Gasteiger partial charge in [0.2, 0.25) is 0 Å². The highest BCUT2D eigenvalue weighted by Crippen LogP contribution is 2.26. The minimum atomic E-state index is -0.351. The molecule has 2 nitrogen and oxygen atoms in total. The number of aromatic nitrogens is 2. The molecule has 0 radical (unpaired) electrons. The molecule has 2 aromatic rings. The van der Waals surface area contributed by atoms with Crippen LogP contribution >= 0.6 is 28.1 Å². The highest BCUT2D eigenvalue weighted by atomic mass is 79.9. The lowest BCUT2D eigenvalue weighted by Gasteiger charge is -2.03. The van der Waals surface area contributed by atoms with Gasteiger partial charge in [0.05, 0.1) is 4.47 Å². The van der Waals surface area contributed by atoms with Gasteiger partial charge in [-0.25, -0.2) is 4.39 Å². The van der Waals surface area contributed by atoms with E-state index in [1.54, 1.807) is 30.6 Å². The van der Waals surface area contributed by atoms with Crippen LogP contribution in [0.25, 0.3) is 11.3 Å². The molecule has 76 valence electrons. The Balaban J connectivity index is 2.70. The molecule has 15 heavy (non-hydrogen) atoms. The second-order valence-corrected chi connectivity index (χ2v) is 4.13. The number of aromatic amines is 1. The van der Waals surface area contributed by atoms with Crippen molar-refractivity contribution in [1.82, 2.24) is 9.97 Å². The fourth-order valence-corrected chi connectivity index (χ4v) is 1.83. The average Bonchev–Trinajstić information content (AvgIpc) is 2.23. The van der Waals surface area contributed by atoms with Crippen molar-refractivity contribution < 1.29 is 4.39 Å². The van der Waals surface area contributed by atoms with Crippen molar-refractivity contribution in [1.29, 1.82) is 0 Å². The van der Waals surface area contributed by atoms with Crippen LogP contribution in [0.2, 0.25) is 0 Å². The molecule has 0 saturated heterocycles. The van der Waals surface area contributed by atoms with Crippen LogP contribution in [0.15, 0.2) is 35.1 Å². The molecule has 0 amide bonds. The summed E-state index contributed by atoms with van der Waals surface area (Å²) < 4.78 is 14.5. The molecule has 0 aliphatic rings. The van der Waals surface area contributed by atoms with E-state index in [0.717, 1.165) is 0 Å². The Bertz CT molecular complexity index is 553. The van der Waals surface area contributed by atoms with Crippen molar-refractivity contribution in [3.05, 3.63) is 45.5 Å². The third-order valence-electron chi connectivity index (χ3n) is 1.91. The number of rotatable bonds is 1. The van der Waals surface area contributed by atoms with E-state index in [9.17, 15) is 4.39 Å². The Morgan fingerprint density at radius 1 is 1.40 bits per heavy atom. The van der Waals surface area contributed by atoms with Crippen LogP contribution in [0.4, 0.5) is 4.39 Å². The van der Waals surface area contributed by atoms with E-state index in [1.807, 2.05) is 0 Å². The molecule has 0 atom stereocenters. The normalized spacial score (nSPS) is 10.3. The summed E-state index contributed by atoms with van der Waals surface area (Å²) in [6.45, 7) is 0. The second-order valence-electron chi connectivity index (χ2n) is 2.87. The number of hydrogen-bond acceptors (Lipinski definition) is 2. The summed E-state index contributed by atoms with van der Waals surface area (Å²) >= 11 is 8.16. The summed E-state index contributed by atoms with van der Waals surface area (Å²) in [4.78, 5) is 6.87. The van der Waals surface area contributed by atoms with Crippen molar-refractivity contribution in [2.45, 2.75) is 0 Å². The van der Waals surface area contributed by atoms with Gasteiger partial charge in [-0.15, -0.1) is 0 Å². The maximum Gasteiger partial charge on any atom is 0.146 e. The number of halogens is 2. The Labute approximate surface area is 99.3 Å². The van der Waals surface area contributed by atoms with Gasteiger partial charge in [-0.1, -0.05) is 18.3 Å². The second kappa shape index (κ2) is 4.20. The lowest BCUT2D eigenvalue weighted by Crippen LogP contribution is -1.91. The quantitative estimate of drug-likeness (QED) is 0.809. The van der Waals surface area contributed by atoms with E-state index >= 15 is 0 Å². The van der Waals surface area contributed by atoms with E-state index in [2.05, 4.69) is 25.9 Å². The van der Waals surface area contributed by atoms with Crippen molar-refractivity contribution in [2.75, 3.05) is 0 Å². The monoisotopic (exact) mass is 284 g/mol. The van der Waals surface area contributed by atoms with Gasteiger partial charge < -0.3 is 4.98 Å². The molecule has 0 fully saturated rings. The summed E-state index contributed by atoms with van der Waals surface area (Å²) in [6, 6.07) is 5.02. The van der Waals surface area contributed by atoms with Crippen LogP contribution in [-0.4, -0.2) is 9.97 Å². The maximum atomic E-state index is 13.7. The minimum absolute atomic E-state index is 0.351. The van der Waals surface area contributed by atoms with Crippen LogP contribution in [0.1, 0.15) is 0 Å². The highest BCUT2D eigenvalue weighted by molar-refractivity contribution is 9.10. The SMILES string of the molecule is Fc1c(Br)cccc1-c1ncc[nH]c1=S. The van der Waals surface area contributed by atoms with Gasteiger partial charge in [-0.05, 0) is 28.1 Å². The van der Waals surface area contributed by atoms with Crippen molar-refractivity contribution in [2.24, 2.45) is 0 Å². The number of benzene rings is 1. The Morgan fingerprint density at radius 2 is 2.20 bits per heavy atom. The molecule has 2 rings (SSSR count). The predicted molar refractivity (Wildman–Crippen MR) is 62.5 cm³/mol. The molecule has 0 aliphatic carbocycles. The van der Waals surface area contributed by atoms with Gasteiger partial charge in [0.1, 0.15) is 16.2 Å². The highest BCUT2D eigenvalue weighted by Gasteiger charge is 2.10. The molecule has 1 N–H and O–H groups in total. The summed E-state index contributed by atoms with van der Waals surface area (Å²) in [6.07, 6.45) is 3.16. The molecular weight excluding hydrogens is 279 g/mol. The van der Waals surface area contributed by atoms with Gasteiger partial charge >= 0.3 is 0 Å². The zero-order valence-electron chi connectivity index (χ0n) is 7.50. The predicted octanol–water partition coefficient (Wildman–Crippen LogP) is 3.71. The van der Waals surface area contributed by atoms with E-state index in [0.29, 0.717) is 20.4 Å². The molecule has 0 saturated carbocycles. The number of nitrogens with one attached hydrogen (secondary N) is 1. The van der Waals surface area contributed by atoms with Gasteiger partial charge in [-0.2, -0.15) is 0 Å². The first-order valence-corrected chi connectivity index (χ1v) is 5.38. The lowest BCUT2D eigenvalue weighted by molar-refractivity contribution is 0.624.